The number of aliphatic hydroxyl groups excluding tert-OH is 1. The minimum absolute atomic E-state index is 0.0582. The van der Waals surface area contributed by atoms with Crippen LogP contribution in [0.25, 0.3) is 0 Å². The normalized spacial score (nSPS) is 21.0. The van der Waals surface area contributed by atoms with Crippen molar-refractivity contribution in [3.05, 3.63) is 0 Å². The maximum Gasteiger partial charge on any atom is 0.363 e. The largest absolute Gasteiger partial charge is 0.373 e. The minimum atomic E-state index is -4.34. The van der Waals surface area contributed by atoms with Crippen molar-refractivity contribution in [2.24, 2.45) is 15.4 Å². The standard InChI is InChI=1S/C5H9N5O5S/c6-3-1-10(4(3)12)5(13)8-16(14,15)9-7-2-11/h3,11H,1-2,6H2,(H,8,13). The summed E-state index contributed by atoms with van der Waals surface area (Å²) >= 11 is 0. The van der Waals surface area contributed by atoms with Gasteiger partial charge < -0.3 is 10.8 Å². The molecule has 0 radical (unpaired) electrons. The van der Waals surface area contributed by atoms with Gasteiger partial charge >= 0.3 is 16.2 Å². The lowest BCUT2D eigenvalue weighted by Gasteiger charge is -2.33. The summed E-state index contributed by atoms with van der Waals surface area (Å²) in [5, 5.41) is 11.0. The Hall–Kier alpha value is -1.59. The van der Waals surface area contributed by atoms with Gasteiger partial charge in [-0.2, -0.15) is 8.42 Å². The van der Waals surface area contributed by atoms with E-state index in [1.807, 2.05) is 0 Å². The summed E-state index contributed by atoms with van der Waals surface area (Å²) in [5.74, 6) is -0.674. The highest BCUT2D eigenvalue weighted by atomic mass is 32.2. The predicted octanol–water partition coefficient (Wildman–Crippen LogP) is -2.49. The maximum atomic E-state index is 11.2. The molecule has 0 aromatic rings. The number of urea groups is 1. The van der Waals surface area contributed by atoms with Crippen LogP contribution in [-0.2, 0) is 15.0 Å². The van der Waals surface area contributed by atoms with E-state index in [4.69, 9.17) is 10.8 Å². The van der Waals surface area contributed by atoms with Gasteiger partial charge in [0, 0.05) is 0 Å². The van der Waals surface area contributed by atoms with Crippen LogP contribution in [0.5, 0.6) is 0 Å². The Balaban J connectivity index is 2.59. The van der Waals surface area contributed by atoms with E-state index < -0.39 is 34.9 Å². The van der Waals surface area contributed by atoms with Crippen molar-refractivity contribution in [1.82, 2.24) is 9.62 Å². The Morgan fingerprint density at radius 1 is 1.69 bits per heavy atom. The van der Waals surface area contributed by atoms with E-state index >= 15 is 0 Å². The first kappa shape index (κ1) is 12.5. The third-order valence-electron chi connectivity index (χ3n) is 1.65. The summed E-state index contributed by atoms with van der Waals surface area (Å²) in [6.45, 7) is -0.889. The molecule has 1 unspecified atom stereocenters. The molecule has 1 heterocycles. The SMILES string of the molecule is NC1CN(C(=O)NS(=O)(=O)N=NCO)C1=O. The van der Waals surface area contributed by atoms with E-state index in [1.54, 1.807) is 0 Å². The van der Waals surface area contributed by atoms with Crippen molar-refractivity contribution >= 4 is 22.1 Å². The van der Waals surface area contributed by atoms with Crippen LogP contribution in [-0.4, -0.2) is 49.7 Å². The van der Waals surface area contributed by atoms with Gasteiger partial charge in [-0.3, -0.25) is 9.69 Å². The van der Waals surface area contributed by atoms with Gasteiger partial charge in [0.25, 0.3) is 0 Å². The molecule has 11 heteroatoms. The lowest BCUT2D eigenvalue weighted by Crippen LogP contribution is -2.65. The molecule has 1 aliphatic rings. The second-order valence-electron chi connectivity index (χ2n) is 2.80. The Morgan fingerprint density at radius 2 is 2.31 bits per heavy atom. The molecule has 1 fully saturated rings. The molecule has 1 saturated heterocycles. The van der Waals surface area contributed by atoms with Gasteiger partial charge in [0.15, 0.2) is 6.73 Å². The Labute approximate surface area is 90.3 Å². The monoisotopic (exact) mass is 251 g/mol. The van der Waals surface area contributed by atoms with Crippen LogP contribution in [0.1, 0.15) is 0 Å². The fourth-order valence-corrected chi connectivity index (χ4v) is 1.50. The Morgan fingerprint density at radius 3 is 2.75 bits per heavy atom. The van der Waals surface area contributed by atoms with E-state index in [-0.39, 0.29) is 6.54 Å². The van der Waals surface area contributed by atoms with Crippen LogP contribution in [0.15, 0.2) is 9.63 Å². The number of imide groups is 1. The van der Waals surface area contributed by atoms with Crippen molar-refractivity contribution < 1.29 is 23.1 Å². The second kappa shape index (κ2) is 4.51. The number of likely N-dealkylation sites (tertiary alicyclic amines) is 1. The molecule has 90 valence electrons. The number of hydrogen-bond donors (Lipinski definition) is 3. The first-order valence-electron chi connectivity index (χ1n) is 4.00. The minimum Gasteiger partial charge on any atom is -0.373 e. The van der Waals surface area contributed by atoms with Crippen LogP contribution in [0, 0.1) is 0 Å². The molecule has 0 aliphatic carbocycles. The first-order chi connectivity index (χ1) is 7.37. The lowest BCUT2D eigenvalue weighted by molar-refractivity contribution is -0.137. The molecule has 1 aliphatic heterocycles. The van der Waals surface area contributed by atoms with Crippen LogP contribution in [0.2, 0.25) is 0 Å². The first-order valence-corrected chi connectivity index (χ1v) is 5.44. The summed E-state index contributed by atoms with van der Waals surface area (Å²) in [7, 11) is -4.34. The van der Waals surface area contributed by atoms with E-state index in [1.165, 1.54) is 4.72 Å². The van der Waals surface area contributed by atoms with E-state index in [0.717, 1.165) is 0 Å². The fraction of sp³-hybridized carbons (Fsp3) is 0.600. The Bertz CT molecular complexity index is 430. The third kappa shape index (κ3) is 2.71. The second-order valence-corrected chi connectivity index (χ2v) is 4.12. The highest BCUT2D eigenvalue weighted by Crippen LogP contribution is 2.08. The van der Waals surface area contributed by atoms with Gasteiger partial charge in [-0.05, 0) is 4.52 Å². The van der Waals surface area contributed by atoms with Crippen LogP contribution < -0.4 is 10.5 Å². The molecule has 10 nitrogen and oxygen atoms in total. The van der Waals surface area contributed by atoms with Crippen molar-refractivity contribution in [2.45, 2.75) is 6.04 Å². The third-order valence-corrected chi connectivity index (χ3v) is 2.42. The van der Waals surface area contributed by atoms with E-state index in [2.05, 4.69) is 9.63 Å². The predicted molar refractivity (Wildman–Crippen MR) is 49.1 cm³/mol. The summed E-state index contributed by atoms with van der Waals surface area (Å²) in [6, 6.07) is -1.93. The van der Waals surface area contributed by atoms with Gasteiger partial charge in [0.05, 0.1) is 6.54 Å². The number of nitrogens with two attached hydrogens (primary N) is 1. The molecule has 1 rings (SSSR count). The van der Waals surface area contributed by atoms with E-state index in [0.29, 0.717) is 4.90 Å². The topological polar surface area (TPSA) is 155 Å². The summed E-state index contributed by atoms with van der Waals surface area (Å²) < 4.78 is 26.0. The van der Waals surface area contributed by atoms with Gasteiger partial charge in [0.1, 0.15) is 6.04 Å². The number of amides is 3. The van der Waals surface area contributed by atoms with Crippen LogP contribution >= 0.6 is 0 Å². The molecule has 0 aromatic heterocycles. The molecular formula is C5H9N5O5S. The van der Waals surface area contributed by atoms with Gasteiger partial charge in [-0.15, -0.1) is 5.11 Å². The molecule has 0 saturated carbocycles. The molecular weight excluding hydrogens is 242 g/mol. The van der Waals surface area contributed by atoms with Crippen molar-refractivity contribution in [3.8, 4) is 0 Å². The molecule has 0 spiro atoms. The quantitative estimate of drug-likeness (QED) is 0.372. The fourth-order valence-electron chi connectivity index (χ4n) is 0.923. The zero-order chi connectivity index (χ0) is 12.3. The van der Waals surface area contributed by atoms with Crippen molar-refractivity contribution in [2.75, 3.05) is 13.3 Å². The van der Waals surface area contributed by atoms with Gasteiger partial charge in [-0.1, -0.05) is 0 Å². The zero-order valence-electron chi connectivity index (χ0n) is 7.90. The van der Waals surface area contributed by atoms with E-state index in [9.17, 15) is 18.0 Å². The number of nitrogens with one attached hydrogen (secondary N) is 1. The number of β-lactam (4-membered cyclic amide) rings is 1. The Kier molecular flexibility index (Phi) is 3.51. The average Bonchev–Trinajstić information content (AvgIpc) is 2.21. The highest BCUT2D eigenvalue weighted by molar-refractivity contribution is 7.88. The summed E-state index contributed by atoms with van der Waals surface area (Å²) in [6.07, 6.45) is 0. The molecule has 4 N–H and O–H groups in total. The summed E-state index contributed by atoms with van der Waals surface area (Å²) in [4.78, 5) is 22.7. The molecule has 1 atom stereocenters. The average molecular weight is 251 g/mol. The zero-order valence-corrected chi connectivity index (χ0v) is 8.72. The number of carbonyl (C=O) groups excluding carboxylic acids is 2. The smallest absolute Gasteiger partial charge is 0.363 e. The summed E-state index contributed by atoms with van der Waals surface area (Å²) in [5.41, 5.74) is 5.20. The number of hydrogen-bond acceptors (Lipinski definition) is 7. The highest BCUT2D eigenvalue weighted by Gasteiger charge is 2.39. The maximum absolute atomic E-state index is 11.2. The van der Waals surface area contributed by atoms with Crippen molar-refractivity contribution in [1.29, 1.82) is 0 Å². The molecule has 3 amide bonds. The number of aliphatic hydroxyl groups is 1. The van der Waals surface area contributed by atoms with Crippen LogP contribution in [0.4, 0.5) is 4.79 Å². The number of rotatable bonds is 3. The lowest BCUT2D eigenvalue weighted by atomic mass is 10.1. The molecule has 16 heavy (non-hydrogen) atoms. The van der Waals surface area contributed by atoms with Gasteiger partial charge in [-0.25, -0.2) is 9.52 Å². The number of nitrogens with zero attached hydrogens (tertiary/aromatic N) is 3. The number of carbonyl (C=O) groups is 2. The van der Waals surface area contributed by atoms with Crippen LogP contribution in [0.3, 0.4) is 0 Å². The molecule has 0 bridgehead atoms. The molecule has 0 aromatic carbocycles. The van der Waals surface area contributed by atoms with Crippen molar-refractivity contribution in [3.63, 3.8) is 0 Å². The van der Waals surface area contributed by atoms with Gasteiger partial charge in [0.2, 0.25) is 5.91 Å².